The number of carbonyl (C=O) groups is 1. The maximum atomic E-state index is 13.7. The van der Waals surface area contributed by atoms with Crippen LogP contribution in [0.3, 0.4) is 0 Å². The smallest absolute Gasteiger partial charge is 0.210 e. The highest BCUT2D eigenvalue weighted by molar-refractivity contribution is 7.78. The minimum absolute atomic E-state index is 0.106. The van der Waals surface area contributed by atoms with Gasteiger partial charge in [-0.25, -0.2) is 8.78 Å². The SMILES string of the molecule is CCC1(C)OC(c2ccc(CS(=O)[O-])cc2)=C(c2cc(F)cc(F)c2)C1=O. The van der Waals surface area contributed by atoms with Gasteiger partial charge in [0.15, 0.2) is 5.60 Å². The molecule has 1 heterocycles. The second-order valence-corrected chi connectivity index (χ2v) is 7.42. The van der Waals surface area contributed by atoms with Crippen LogP contribution < -0.4 is 0 Å². The van der Waals surface area contributed by atoms with Gasteiger partial charge in [-0.3, -0.25) is 9.00 Å². The quantitative estimate of drug-likeness (QED) is 0.723. The summed E-state index contributed by atoms with van der Waals surface area (Å²) in [6.45, 7) is 3.42. The van der Waals surface area contributed by atoms with Crippen molar-refractivity contribution >= 4 is 28.2 Å². The Labute approximate surface area is 158 Å². The molecular formula is C20H17F2O4S-. The third-order valence-electron chi connectivity index (χ3n) is 4.59. The molecule has 0 fully saturated rings. The van der Waals surface area contributed by atoms with Gasteiger partial charge in [0.05, 0.1) is 5.57 Å². The lowest BCUT2D eigenvalue weighted by Gasteiger charge is -2.21. The normalized spacial score (nSPS) is 20.7. The molecule has 0 aromatic heterocycles. The minimum Gasteiger partial charge on any atom is -0.772 e. The molecule has 0 radical (unpaired) electrons. The Kier molecular flexibility index (Phi) is 5.26. The molecule has 0 saturated heterocycles. The molecule has 0 aliphatic carbocycles. The lowest BCUT2D eigenvalue weighted by atomic mass is 9.90. The van der Waals surface area contributed by atoms with E-state index in [9.17, 15) is 22.3 Å². The lowest BCUT2D eigenvalue weighted by molar-refractivity contribution is -0.126. The molecule has 1 aliphatic rings. The summed E-state index contributed by atoms with van der Waals surface area (Å²) in [6.07, 6.45) is 0.379. The van der Waals surface area contributed by atoms with Crippen LogP contribution in [0.2, 0.25) is 0 Å². The number of Topliss-reactive ketones (excluding diaryl/α,β-unsaturated/α-hetero) is 1. The van der Waals surface area contributed by atoms with E-state index in [1.165, 1.54) is 0 Å². The summed E-state index contributed by atoms with van der Waals surface area (Å²) in [4.78, 5) is 13.0. The van der Waals surface area contributed by atoms with Gasteiger partial charge in [-0.2, -0.15) is 0 Å². The summed E-state index contributed by atoms with van der Waals surface area (Å²) in [5.74, 6) is -1.83. The fraction of sp³-hybridized carbons (Fsp3) is 0.250. The molecule has 1 aliphatic heterocycles. The predicted molar refractivity (Wildman–Crippen MR) is 97.0 cm³/mol. The van der Waals surface area contributed by atoms with Crippen molar-refractivity contribution in [2.75, 3.05) is 0 Å². The van der Waals surface area contributed by atoms with Gasteiger partial charge < -0.3 is 9.29 Å². The molecule has 3 rings (SSSR count). The number of halogens is 2. The largest absolute Gasteiger partial charge is 0.772 e. The van der Waals surface area contributed by atoms with E-state index in [0.717, 1.165) is 18.2 Å². The van der Waals surface area contributed by atoms with Crippen LogP contribution >= 0.6 is 0 Å². The van der Waals surface area contributed by atoms with Crippen molar-refractivity contribution in [3.63, 3.8) is 0 Å². The van der Waals surface area contributed by atoms with Gasteiger partial charge in [0, 0.05) is 17.4 Å². The predicted octanol–water partition coefficient (Wildman–Crippen LogP) is 3.98. The molecule has 4 nitrogen and oxygen atoms in total. The Morgan fingerprint density at radius 2 is 1.67 bits per heavy atom. The molecule has 2 atom stereocenters. The topological polar surface area (TPSA) is 66.4 Å². The second kappa shape index (κ2) is 7.32. The third kappa shape index (κ3) is 3.84. The Bertz CT molecular complexity index is 933. The lowest BCUT2D eigenvalue weighted by Crippen LogP contribution is -2.32. The van der Waals surface area contributed by atoms with Gasteiger partial charge in [0.2, 0.25) is 5.78 Å². The van der Waals surface area contributed by atoms with Gasteiger partial charge in [-0.05, 0) is 36.6 Å². The van der Waals surface area contributed by atoms with Crippen molar-refractivity contribution in [3.8, 4) is 0 Å². The Balaban J connectivity index is 2.13. The summed E-state index contributed by atoms with van der Waals surface area (Å²) < 4.78 is 55.0. The molecule has 2 unspecified atom stereocenters. The van der Waals surface area contributed by atoms with E-state index in [-0.39, 0.29) is 28.4 Å². The van der Waals surface area contributed by atoms with Crippen LogP contribution in [0, 0.1) is 11.6 Å². The zero-order chi connectivity index (χ0) is 19.8. The molecule has 0 spiro atoms. The zero-order valence-corrected chi connectivity index (χ0v) is 15.6. The first-order chi connectivity index (χ1) is 12.7. The van der Waals surface area contributed by atoms with Crippen molar-refractivity contribution in [3.05, 3.63) is 70.8 Å². The number of ketones is 1. The molecule has 7 heteroatoms. The Morgan fingerprint density at radius 1 is 1.07 bits per heavy atom. The summed E-state index contributed by atoms with van der Waals surface area (Å²) in [6, 6.07) is 9.39. The molecule has 27 heavy (non-hydrogen) atoms. The summed E-state index contributed by atoms with van der Waals surface area (Å²) in [5.41, 5.74) is 0.185. The van der Waals surface area contributed by atoms with Crippen LogP contribution in [0.15, 0.2) is 42.5 Å². The van der Waals surface area contributed by atoms with Crippen molar-refractivity contribution < 1.29 is 27.1 Å². The first-order valence-electron chi connectivity index (χ1n) is 8.33. The summed E-state index contributed by atoms with van der Waals surface area (Å²) >= 11 is -2.22. The van der Waals surface area contributed by atoms with Crippen LogP contribution in [-0.4, -0.2) is 20.1 Å². The van der Waals surface area contributed by atoms with Gasteiger partial charge >= 0.3 is 0 Å². The second-order valence-electron chi connectivity index (χ2n) is 6.52. The molecule has 0 bridgehead atoms. The summed E-state index contributed by atoms with van der Waals surface area (Å²) in [7, 11) is 0. The zero-order valence-electron chi connectivity index (χ0n) is 14.8. The molecule has 0 saturated carbocycles. The van der Waals surface area contributed by atoms with Crippen LogP contribution in [0.25, 0.3) is 11.3 Å². The molecular weight excluding hydrogens is 374 g/mol. The average Bonchev–Trinajstić information content (AvgIpc) is 2.86. The number of hydrogen-bond acceptors (Lipinski definition) is 4. The number of carbonyl (C=O) groups excluding carboxylic acids is 1. The molecule has 142 valence electrons. The monoisotopic (exact) mass is 391 g/mol. The minimum atomic E-state index is -2.22. The number of hydrogen-bond donors (Lipinski definition) is 0. The van der Waals surface area contributed by atoms with Crippen molar-refractivity contribution in [2.45, 2.75) is 31.6 Å². The third-order valence-corrected chi connectivity index (χ3v) is 5.16. The van der Waals surface area contributed by atoms with Crippen LogP contribution in [0.4, 0.5) is 8.78 Å². The number of rotatable bonds is 5. The van der Waals surface area contributed by atoms with E-state index in [1.54, 1.807) is 38.1 Å². The number of benzene rings is 2. The first-order valence-corrected chi connectivity index (χ1v) is 9.57. The van der Waals surface area contributed by atoms with Crippen molar-refractivity contribution in [1.29, 1.82) is 0 Å². The molecule has 0 amide bonds. The van der Waals surface area contributed by atoms with Crippen molar-refractivity contribution in [1.82, 2.24) is 0 Å². The van der Waals surface area contributed by atoms with Gasteiger partial charge in [-0.1, -0.05) is 42.3 Å². The fourth-order valence-electron chi connectivity index (χ4n) is 2.97. The van der Waals surface area contributed by atoms with Crippen LogP contribution in [0.5, 0.6) is 0 Å². The average molecular weight is 391 g/mol. The highest BCUT2D eigenvalue weighted by Gasteiger charge is 2.45. The Morgan fingerprint density at radius 3 is 2.19 bits per heavy atom. The van der Waals surface area contributed by atoms with Gasteiger partial charge in [0.25, 0.3) is 0 Å². The number of ether oxygens (including phenoxy) is 1. The molecule has 0 N–H and O–H groups in total. The highest BCUT2D eigenvalue weighted by atomic mass is 32.2. The maximum Gasteiger partial charge on any atom is 0.210 e. The van der Waals surface area contributed by atoms with Gasteiger partial charge in [0.1, 0.15) is 17.4 Å². The molecule has 2 aromatic rings. The first kappa shape index (κ1) is 19.4. The Hall–Kier alpha value is -2.38. The molecule has 2 aromatic carbocycles. The van der Waals surface area contributed by atoms with Crippen molar-refractivity contribution in [2.24, 2.45) is 0 Å². The van der Waals surface area contributed by atoms with Crippen LogP contribution in [0.1, 0.15) is 37.0 Å². The maximum absolute atomic E-state index is 13.7. The highest BCUT2D eigenvalue weighted by Crippen LogP contribution is 2.43. The standard InChI is InChI=1S/C20H18F2O4S/c1-3-20(2)19(23)17(14-8-15(21)10-16(22)9-14)18(26-20)13-6-4-12(5-7-13)11-27(24)25/h4-10H,3,11H2,1-2H3,(H,24,25)/p-1. The summed E-state index contributed by atoms with van der Waals surface area (Å²) in [5, 5.41) is 0. The van der Waals surface area contributed by atoms with E-state index < -0.39 is 28.3 Å². The fourth-order valence-corrected chi connectivity index (χ4v) is 3.44. The van der Waals surface area contributed by atoms with Crippen LogP contribution in [-0.2, 0) is 26.4 Å². The van der Waals surface area contributed by atoms with E-state index >= 15 is 0 Å². The van der Waals surface area contributed by atoms with E-state index in [4.69, 9.17) is 4.74 Å². The van der Waals surface area contributed by atoms with Gasteiger partial charge in [-0.15, -0.1) is 0 Å². The van der Waals surface area contributed by atoms with E-state index in [2.05, 4.69) is 0 Å². The van der Waals surface area contributed by atoms with E-state index in [1.807, 2.05) is 0 Å². The van der Waals surface area contributed by atoms with E-state index in [0.29, 0.717) is 17.5 Å².